The van der Waals surface area contributed by atoms with E-state index >= 15 is 0 Å². The zero-order valence-corrected chi connectivity index (χ0v) is 8.76. The van der Waals surface area contributed by atoms with Crippen LogP contribution in [0.5, 0.6) is 0 Å². The first kappa shape index (κ1) is 11.7. The van der Waals surface area contributed by atoms with Crippen molar-refractivity contribution < 1.29 is 4.39 Å². The van der Waals surface area contributed by atoms with E-state index in [0.717, 1.165) is 18.4 Å². The molecule has 1 unspecified atom stereocenters. The molecule has 0 heterocycles. The summed E-state index contributed by atoms with van der Waals surface area (Å²) in [7, 11) is 0. The molecule has 0 saturated heterocycles. The van der Waals surface area contributed by atoms with E-state index in [4.69, 9.17) is 5.84 Å². The minimum Gasteiger partial charge on any atom is -0.271 e. The van der Waals surface area contributed by atoms with E-state index in [2.05, 4.69) is 17.3 Å². The van der Waals surface area contributed by atoms with Crippen LogP contribution in [0.15, 0.2) is 24.3 Å². The van der Waals surface area contributed by atoms with Crippen molar-refractivity contribution in [2.75, 3.05) is 0 Å². The zero-order valence-electron chi connectivity index (χ0n) is 8.76. The fourth-order valence-corrected chi connectivity index (χ4v) is 1.38. The second-order valence-electron chi connectivity index (χ2n) is 3.24. The number of hydrogen-bond acceptors (Lipinski definition) is 2. The Morgan fingerprint density at radius 2 is 2.07 bits per heavy atom. The molecule has 0 amide bonds. The molecule has 1 atom stereocenters. The maximum atomic E-state index is 12.7. The molecule has 1 aromatic carbocycles. The van der Waals surface area contributed by atoms with Gasteiger partial charge in [0, 0.05) is 12.5 Å². The van der Waals surface area contributed by atoms with Gasteiger partial charge in [0.25, 0.3) is 0 Å². The summed E-state index contributed by atoms with van der Waals surface area (Å²) < 4.78 is 12.7. The van der Waals surface area contributed by atoms with Crippen LogP contribution in [-0.4, -0.2) is 0 Å². The SMILES string of the molecule is CC#CCCC(NN)c1ccc(F)cc1. The van der Waals surface area contributed by atoms with Gasteiger partial charge in [-0.25, -0.2) is 4.39 Å². The molecule has 0 spiro atoms. The molecule has 80 valence electrons. The lowest BCUT2D eigenvalue weighted by Gasteiger charge is -2.14. The predicted molar refractivity (Wildman–Crippen MR) is 59.1 cm³/mol. The Balaban J connectivity index is 2.64. The first-order valence-corrected chi connectivity index (χ1v) is 4.89. The lowest BCUT2D eigenvalue weighted by Crippen LogP contribution is -2.27. The summed E-state index contributed by atoms with van der Waals surface area (Å²) in [4.78, 5) is 0. The highest BCUT2D eigenvalue weighted by atomic mass is 19.1. The average Bonchev–Trinajstić information content (AvgIpc) is 2.26. The smallest absolute Gasteiger partial charge is 0.123 e. The molecule has 0 bridgehead atoms. The number of rotatable bonds is 4. The molecule has 0 aliphatic carbocycles. The molecular weight excluding hydrogens is 191 g/mol. The summed E-state index contributed by atoms with van der Waals surface area (Å²) in [6, 6.07) is 6.38. The van der Waals surface area contributed by atoms with Gasteiger partial charge in [0.05, 0.1) is 0 Å². The molecular formula is C12H15FN2. The molecule has 3 heteroatoms. The van der Waals surface area contributed by atoms with Crippen molar-refractivity contribution in [1.29, 1.82) is 0 Å². The maximum Gasteiger partial charge on any atom is 0.123 e. The van der Waals surface area contributed by atoms with Gasteiger partial charge in [0.1, 0.15) is 5.82 Å². The molecule has 0 aliphatic rings. The largest absolute Gasteiger partial charge is 0.271 e. The molecule has 0 fully saturated rings. The summed E-state index contributed by atoms with van der Waals surface area (Å²) in [5, 5.41) is 0. The van der Waals surface area contributed by atoms with Crippen molar-refractivity contribution in [3.63, 3.8) is 0 Å². The van der Waals surface area contributed by atoms with Gasteiger partial charge in [-0.2, -0.15) is 0 Å². The Hall–Kier alpha value is -1.37. The normalized spacial score (nSPS) is 11.7. The molecule has 0 radical (unpaired) electrons. The van der Waals surface area contributed by atoms with Crippen molar-refractivity contribution in [3.05, 3.63) is 35.6 Å². The molecule has 2 nitrogen and oxygen atoms in total. The lowest BCUT2D eigenvalue weighted by atomic mass is 10.0. The Labute approximate surface area is 89.6 Å². The Bertz CT molecular complexity index is 348. The topological polar surface area (TPSA) is 38.0 Å². The molecule has 1 rings (SSSR count). The molecule has 1 aromatic rings. The van der Waals surface area contributed by atoms with Crippen molar-refractivity contribution in [1.82, 2.24) is 5.43 Å². The highest BCUT2D eigenvalue weighted by Gasteiger charge is 2.08. The van der Waals surface area contributed by atoms with Gasteiger partial charge in [-0.15, -0.1) is 11.8 Å². The zero-order chi connectivity index (χ0) is 11.1. The van der Waals surface area contributed by atoms with Gasteiger partial charge in [-0.1, -0.05) is 12.1 Å². The summed E-state index contributed by atoms with van der Waals surface area (Å²) in [6.07, 6.45) is 1.60. The van der Waals surface area contributed by atoms with E-state index in [-0.39, 0.29) is 11.9 Å². The third-order valence-corrected chi connectivity index (χ3v) is 2.21. The highest BCUT2D eigenvalue weighted by molar-refractivity contribution is 5.20. The van der Waals surface area contributed by atoms with Gasteiger partial charge >= 0.3 is 0 Å². The molecule has 15 heavy (non-hydrogen) atoms. The predicted octanol–water partition coefficient (Wildman–Crippen LogP) is 2.13. The van der Waals surface area contributed by atoms with Crippen LogP contribution in [0.4, 0.5) is 4.39 Å². The van der Waals surface area contributed by atoms with E-state index in [9.17, 15) is 4.39 Å². The summed E-state index contributed by atoms with van der Waals surface area (Å²) in [5.74, 6) is 11.0. The van der Waals surface area contributed by atoms with Gasteiger partial charge < -0.3 is 0 Å². The van der Waals surface area contributed by atoms with Crippen molar-refractivity contribution in [2.45, 2.75) is 25.8 Å². The highest BCUT2D eigenvalue weighted by Crippen LogP contribution is 2.17. The monoisotopic (exact) mass is 206 g/mol. The molecule has 0 aromatic heterocycles. The number of nitrogens with one attached hydrogen (secondary N) is 1. The van der Waals surface area contributed by atoms with Crippen LogP contribution < -0.4 is 11.3 Å². The van der Waals surface area contributed by atoms with Gasteiger partial charge in [0.2, 0.25) is 0 Å². The van der Waals surface area contributed by atoms with Crippen molar-refractivity contribution in [3.8, 4) is 11.8 Å². The van der Waals surface area contributed by atoms with Crippen molar-refractivity contribution in [2.24, 2.45) is 5.84 Å². The molecule has 3 N–H and O–H groups in total. The quantitative estimate of drug-likeness (QED) is 0.450. The fourth-order valence-electron chi connectivity index (χ4n) is 1.38. The summed E-state index contributed by atoms with van der Waals surface area (Å²) in [6.45, 7) is 1.81. The van der Waals surface area contributed by atoms with Gasteiger partial charge in [-0.05, 0) is 31.0 Å². The van der Waals surface area contributed by atoms with Crippen molar-refractivity contribution >= 4 is 0 Å². The third kappa shape index (κ3) is 3.70. The van der Waals surface area contributed by atoms with E-state index in [1.807, 2.05) is 6.92 Å². The van der Waals surface area contributed by atoms with Crippen LogP contribution in [0.25, 0.3) is 0 Å². The Kier molecular flexibility index (Phi) is 4.82. The first-order chi connectivity index (χ1) is 7.27. The average molecular weight is 206 g/mol. The number of benzene rings is 1. The van der Waals surface area contributed by atoms with Crippen LogP contribution in [0.2, 0.25) is 0 Å². The molecule has 0 aliphatic heterocycles. The van der Waals surface area contributed by atoms with Crippen LogP contribution >= 0.6 is 0 Å². The van der Waals surface area contributed by atoms with Gasteiger partial charge in [-0.3, -0.25) is 11.3 Å². The Morgan fingerprint density at radius 1 is 1.40 bits per heavy atom. The standard InChI is InChI=1S/C12H15FN2/c1-2-3-4-5-12(15-14)10-6-8-11(13)9-7-10/h6-9,12,15H,4-5,14H2,1H3. The first-order valence-electron chi connectivity index (χ1n) is 4.89. The summed E-state index contributed by atoms with van der Waals surface area (Å²) in [5.41, 5.74) is 3.69. The number of hydrazine groups is 1. The van der Waals surface area contributed by atoms with Crippen LogP contribution in [0.1, 0.15) is 31.4 Å². The number of hydrogen-bond donors (Lipinski definition) is 2. The number of halogens is 1. The second kappa shape index (κ2) is 6.18. The molecule has 0 saturated carbocycles. The van der Waals surface area contributed by atoms with E-state index in [0.29, 0.717) is 0 Å². The minimum absolute atomic E-state index is 0.0337. The van der Waals surface area contributed by atoms with E-state index in [1.165, 1.54) is 12.1 Å². The number of nitrogens with two attached hydrogens (primary N) is 1. The van der Waals surface area contributed by atoms with Crippen LogP contribution in [0, 0.1) is 17.7 Å². The summed E-state index contributed by atoms with van der Waals surface area (Å²) >= 11 is 0. The fraction of sp³-hybridized carbons (Fsp3) is 0.333. The van der Waals surface area contributed by atoms with E-state index < -0.39 is 0 Å². The Morgan fingerprint density at radius 3 is 2.60 bits per heavy atom. The third-order valence-electron chi connectivity index (χ3n) is 2.21. The maximum absolute atomic E-state index is 12.7. The van der Waals surface area contributed by atoms with Crippen LogP contribution in [-0.2, 0) is 0 Å². The minimum atomic E-state index is -0.233. The second-order valence-corrected chi connectivity index (χ2v) is 3.24. The van der Waals surface area contributed by atoms with Gasteiger partial charge in [0.15, 0.2) is 0 Å². The van der Waals surface area contributed by atoms with Crippen LogP contribution in [0.3, 0.4) is 0 Å². The lowest BCUT2D eigenvalue weighted by molar-refractivity contribution is 0.522. The van der Waals surface area contributed by atoms with E-state index in [1.54, 1.807) is 12.1 Å².